The zero-order valence-corrected chi connectivity index (χ0v) is 16.6. The molecular weight excluding hydrogens is 357 g/mol. The minimum atomic E-state index is -0.156. The first-order valence-electron chi connectivity index (χ1n) is 10.1. The number of benzene rings is 1. The van der Waals surface area contributed by atoms with Crippen LogP contribution in [0.25, 0.3) is 0 Å². The number of likely N-dealkylation sites (tertiary alicyclic amines) is 1. The summed E-state index contributed by atoms with van der Waals surface area (Å²) in [5.74, 6) is -0.0883. The van der Waals surface area contributed by atoms with Gasteiger partial charge in [0, 0.05) is 52.4 Å². The monoisotopic (exact) mass is 385 g/mol. The van der Waals surface area contributed by atoms with Crippen LogP contribution in [0.2, 0.25) is 0 Å². The lowest BCUT2D eigenvalue weighted by atomic mass is 10.0. The van der Waals surface area contributed by atoms with Gasteiger partial charge < -0.3 is 9.80 Å². The Bertz CT molecular complexity index is 843. The average Bonchev–Trinajstić information content (AvgIpc) is 3.06. The Labute approximate surface area is 165 Å². The lowest BCUT2D eigenvalue weighted by Crippen LogP contribution is -2.56. The summed E-state index contributed by atoms with van der Waals surface area (Å²) in [5.41, 5.74) is 2.21. The molecule has 0 spiro atoms. The van der Waals surface area contributed by atoms with Crippen LogP contribution in [0.3, 0.4) is 0 Å². The Morgan fingerprint density at radius 2 is 1.89 bits per heavy atom. The molecule has 1 amide bonds. The number of amides is 1. The van der Waals surface area contributed by atoms with Crippen LogP contribution in [0.15, 0.2) is 30.3 Å². The van der Waals surface area contributed by atoms with Crippen molar-refractivity contribution in [3.8, 4) is 0 Å². The number of para-hydroxylation sites is 1. The fourth-order valence-corrected chi connectivity index (χ4v) is 4.45. The number of aromatic nitrogens is 2. The van der Waals surface area contributed by atoms with Crippen molar-refractivity contribution < 1.29 is 9.18 Å². The van der Waals surface area contributed by atoms with Gasteiger partial charge in [-0.25, -0.2) is 4.39 Å². The third-order valence-corrected chi connectivity index (χ3v) is 5.93. The maximum atomic E-state index is 14.1. The van der Waals surface area contributed by atoms with Crippen LogP contribution in [0, 0.1) is 12.7 Å². The summed E-state index contributed by atoms with van der Waals surface area (Å²) >= 11 is 0. The number of anilines is 1. The molecule has 2 aliphatic heterocycles. The number of carbonyl (C=O) groups excluding carboxylic acids is 1. The van der Waals surface area contributed by atoms with Crippen LogP contribution in [0.5, 0.6) is 0 Å². The Morgan fingerprint density at radius 1 is 1.14 bits per heavy atom. The Balaban J connectivity index is 1.37. The third-order valence-electron chi connectivity index (χ3n) is 5.93. The van der Waals surface area contributed by atoms with Crippen LogP contribution >= 0.6 is 0 Å². The Morgan fingerprint density at radius 3 is 2.57 bits per heavy atom. The highest BCUT2D eigenvalue weighted by Crippen LogP contribution is 2.23. The van der Waals surface area contributed by atoms with Crippen molar-refractivity contribution in [1.29, 1.82) is 0 Å². The number of halogens is 1. The second-order valence-electron chi connectivity index (χ2n) is 7.82. The van der Waals surface area contributed by atoms with Gasteiger partial charge in [-0.15, -0.1) is 0 Å². The zero-order chi connectivity index (χ0) is 19.7. The molecule has 0 radical (unpaired) electrons. The molecule has 6 nitrogen and oxygen atoms in total. The molecule has 3 heterocycles. The van der Waals surface area contributed by atoms with E-state index in [1.54, 1.807) is 10.7 Å². The van der Waals surface area contributed by atoms with E-state index in [1.807, 2.05) is 37.1 Å². The highest BCUT2D eigenvalue weighted by molar-refractivity contribution is 5.92. The minimum Gasteiger partial charge on any atom is -0.367 e. The van der Waals surface area contributed by atoms with E-state index in [0.29, 0.717) is 17.4 Å². The molecule has 4 rings (SSSR count). The Kier molecular flexibility index (Phi) is 5.35. The van der Waals surface area contributed by atoms with E-state index < -0.39 is 0 Å². The lowest BCUT2D eigenvalue weighted by molar-refractivity contribution is 0.0553. The predicted octanol–water partition coefficient (Wildman–Crippen LogP) is 2.29. The second-order valence-corrected chi connectivity index (χ2v) is 7.82. The van der Waals surface area contributed by atoms with Crippen LogP contribution < -0.4 is 4.90 Å². The van der Waals surface area contributed by atoms with Gasteiger partial charge in [0.15, 0.2) is 0 Å². The SMILES string of the molecule is Cc1cc(C(=O)N2CCCC(N3CCN(c4ccccc4F)CC3)C2)n(C)n1. The van der Waals surface area contributed by atoms with Gasteiger partial charge in [0.2, 0.25) is 0 Å². The number of hydrogen-bond donors (Lipinski definition) is 0. The highest BCUT2D eigenvalue weighted by Gasteiger charge is 2.31. The molecule has 2 saturated heterocycles. The van der Waals surface area contributed by atoms with E-state index in [4.69, 9.17) is 0 Å². The zero-order valence-electron chi connectivity index (χ0n) is 16.6. The van der Waals surface area contributed by atoms with Crippen molar-refractivity contribution >= 4 is 11.6 Å². The highest BCUT2D eigenvalue weighted by atomic mass is 19.1. The van der Waals surface area contributed by atoms with E-state index in [-0.39, 0.29) is 11.7 Å². The first kappa shape index (κ1) is 18.9. The summed E-state index contributed by atoms with van der Waals surface area (Å²) in [7, 11) is 1.82. The number of piperazine rings is 1. The van der Waals surface area contributed by atoms with Crippen molar-refractivity contribution in [2.45, 2.75) is 25.8 Å². The van der Waals surface area contributed by atoms with Gasteiger partial charge in [-0.2, -0.15) is 5.10 Å². The van der Waals surface area contributed by atoms with Crippen molar-refractivity contribution in [2.75, 3.05) is 44.2 Å². The first-order chi connectivity index (χ1) is 13.5. The van der Waals surface area contributed by atoms with Gasteiger partial charge in [-0.05, 0) is 38.0 Å². The summed E-state index contributed by atoms with van der Waals surface area (Å²) in [5, 5.41) is 4.30. The van der Waals surface area contributed by atoms with Gasteiger partial charge in [0.25, 0.3) is 5.91 Å². The van der Waals surface area contributed by atoms with Crippen molar-refractivity contribution in [3.63, 3.8) is 0 Å². The van der Waals surface area contributed by atoms with Crippen molar-refractivity contribution in [1.82, 2.24) is 19.6 Å². The standard InChI is InChI=1S/C21H28FN5O/c1-16-14-20(24(2)23-16)21(28)27-9-5-6-17(15-27)25-10-12-26(13-11-25)19-8-4-3-7-18(19)22/h3-4,7-8,14,17H,5-6,9-13,15H2,1-2H3. The molecule has 1 aromatic carbocycles. The smallest absolute Gasteiger partial charge is 0.272 e. The predicted molar refractivity (Wildman–Crippen MR) is 107 cm³/mol. The van der Waals surface area contributed by atoms with Gasteiger partial charge >= 0.3 is 0 Å². The molecule has 2 fully saturated rings. The maximum absolute atomic E-state index is 14.1. The fourth-order valence-electron chi connectivity index (χ4n) is 4.45. The van der Waals surface area contributed by atoms with Crippen molar-refractivity contribution in [3.05, 3.63) is 47.5 Å². The number of hydrogen-bond acceptors (Lipinski definition) is 4. The molecule has 1 unspecified atom stereocenters. The number of carbonyl (C=O) groups is 1. The summed E-state index contributed by atoms with van der Waals surface area (Å²) in [6.07, 6.45) is 2.12. The molecule has 0 aliphatic carbocycles. The fraction of sp³-hybridized carbons (Fsp3) is 0.524. The largest absolute Gasteiger partial charge is 0.367 e. The molecule has 7 heteroatoms. The molecule has 1 atom stereocenters. The van der Waals surface area contributed by atoms with Crippen molar-refractivity contribution in [2.24, 2.45) is 7.05 Å². The quantitative estimate of drug-likeness (QED) is 0.813. The Hall–Kier alpha value is -2.41. The molecule has 2 aromatic rings. The summed E-state index contributed by atoms with van der Waals surface area (Å²) in [4.78, 5) is 19.5. The van der Waals surface area contributed by atoms with Gasteiger partial charge in [-0.1, -0.05) is 12.1 Å². The molecule has 0 N–H and O–H groups in total. The topological polar surface area (TPSA) is 44.6 Å². The van der Waals surface area contributed by atoms with E-state index in [0.717, 1.165) is 57.8 Å². The van der Waals surface area contributed by atoms with Gasteiger partial charge in [0.05, 0.1) is 11.4 Å². The molecule has 0 saturated carbocycles. The van der Waals surface area contributed by atoms with Crippen LogP contribution in [-0.4, -0.2) is 70.8 Å². The number of piperidine rings is 1. The number of rotatable bonds is 3. The summed E-state index contributed by atoms with van der Waals surface area (Å²) < 4.78 is 15.7. The molecule has 150 valence electrons. The van der Waals surface area contributed by atoms with Crippen LogP contribution in [0.1, 0.15) is 29.0 Å². The normalized spacial score (nSPS) is 21.2. The number of aryl methyl sites for hydroxylation is 2. The molecule has 28 heavy (non-hydrogen) atoms. The lowest BCUT2D eigenvalue weighted by Gasteiger charge is -2.44. The molecule has 0 bridgehead atoms. The van der Waals surface area contributed by atoms with E-state index >= 15 is 0 Å². The van der Waals surface area contributed by atoms with E-state index in [1.165, 1.54) is 6.07 Å². The van der Waals surface area contributed by atoms with E-state index in [9.17, 15) is 9.18 Å². The summed E-state index contributed by atoms with van der Waals surface area (Å²) in [6.45, 7) is 6.87. The maximum Gasteiger partial charge on any atom is 0.272 e. The van der Waals surface area contributed by atoms with Gasteiger partial charge in [-0.3, -0.25) is 14.4 Å². The summed E-state index contributed by atoms with van der Waals surface area (Å²) in [6, 6.07) is 9.21. The van der Waals surface area contributed by atoms with Gasteiger partial charge in [0.1, 0.15) is 11.5 Å². The number of nitrogens with zero attached hydrogens (tertiary/aromatic N) is 5. The third kappa shape index (κ3) is 3.76. The molecule has 1 aromatic heterocycles. The first-order valence-corrected chi connectivity index (χ1v) is 10.1. The average molecular weight is 385 g/mol. The minimum absolute atomic E-state index is 0.0674. The molecule has 2 aliphatic rings. The van der Waals surface area contributed by atoms with Crippen LogP contribution in [0.4, 0.5) is 10.1 Å². The van der Waals surface area contributed by atoms with Crippen LogP contribution in [-0.2, 0) is 7.05 Å². The second kappa shape index (κ2) is 7.91. The molecular formula is C21H28FN5O. The van der Waals surface area contributed by atoms with E-state index in [2.05, 4.69) is 14.9 Å².